The fourth-order valence-electron chi connectivity index (χ4n) is 3.28. The van der Waals surface area contributed by atoms with Crippen LogP contribution < -0.4 is 10.6 Å². The number of aliphatic carboxylic acids is 1. The summed E-state index contributed by atoms with van der Waals surface area (Å²) in [4.78, 5) is 23.6. The van der Waals surface area contributed by atoms with Crippen molar-refractivity contribution in [2.24, 2.45) is 11.8 Å². The predicted octanol–water partition coefficient (Wildman–Crippen LogP) is 1.13. The number of nitrogens with one attached hydrogen (secondary N) is 2. The first-order valence-electron chi connectivity index (χ1n) is 7.36. The highest BCUT2D eigenvalue weighted by Gasteiger charge is 2.35. The molecule has 1 saturated heterocycles. The van der Waals surface area contributed by atoms with E-state index < -0.39 is 12.0 Å². The molecule has 5 nitrogen and oxygen atoms in total. The van der Waals surface area contributed by atoms with Crippen molar-refractivity contribution in [2.75, 3.05) is 6.54 Å². The Kier molecular flexibility index (Phi) is 4.80. The van der Waals surface area contributed by atoms with Gasteiger partial charge in [-0.3, -0.25) is 4.79 Å². The van der Waals surface area contributed by atoms with Gasteiger partial charge in [0.1, 0.15) is 6.04 Å². The summed E-state index contributed by atoms with van der Waals surface area (Å²) in [5.74, 6) is -0.679. The fourth-order valence-corrected chi connectivity index (χ4v) is 3.28. The van der Waals surface area contributed by atoms with Gasteiger partial charge in [-0.25, -0.2) is 4.79 Å². The van der Waals surface area contributed by atoms with Crippen LogP contribution in [0.4, 0.5) is 0 Å². The molecular formula is C14H24N2O3. The molecule has 1 amide bonds. The van der Waals surface area contributed by atoms with Crippen molar-refractivity contribution in [1.82, 2.24) is 10.6 Å². The van der Waals surface area contributed by atoms with Gasteiger partial charge in [-0.2, -0.15) is 0 Å². The average molecular weight is 268 g/mol. The molecule has 0 radical (unpaired) electrons. The van der Waals surface area contributed by atoms with E-state index in [0.717, 1.165) is 38.6 Å². The largest absolute Gasteiger partial charge is 0.480 e. The van der Waals surface area contributed by atoms with Crippen LogP contribution in [0, 0.1) is 11.8 Å². The minimum Gasteiger partial charge on any atom is -0.480 e. The van der Waals surface area contributed by atoms with Crippen molar-refractivity contribution in [3.8, 4) is 0 Å². The van der Waals surface area contributed by atoms with Crippen molar-refractivity contribution in [3.05, 3.63) is 0 Å². The number of carbonyl (C=O) groups is 2. The summed E-state index contributed by atoms with van der Waals surface area (Å²) in [6, 6.07) is -0.951. The molecule has 2 rings (SSSR count). The Morgan fingerprint density at radius 3 is 2.42 bits per heavy atom. The smallest absolute Gasteiger partial charge is 0.326 e. The molecule has 3 unspecified atom stereocenters. The molecule has 0 bridgehead atoms. The highest BCUT2D eigenvalue weighted by atomic mass is 16.4. The standard InChI is InChI=1S/C14H24N2O3/c1-9-7-8-15-11(9)13(17)16-12(14(18)19)10-5-3-2-4-6-10/h9-12,15H,2-8H2,1H3,(H,16,17)(H,18,19). The number of carbonyl (C=O) groups excluding carboxylic acids is 1. The lowest BCUT2D eigenvalue weighted by Crippen LogP contribution is -2.52. The van der Waals surface area contributed by atoms with Crippen LogP contribution in [-0.4, -0.2) is 35.6 Å². The topological polar surface area (TPSA) is 78.4 Å². The van der Waals surface area contributed by atoms with E-state index in [9.17, 15) is 14.7 Å². The summed E-state index contributed by atoms with van der Waals surface area (Å²) in [6.45, 7) is 2.86. The monoisotopic (exact) mass is 268 g/mol. The first kappa shape index (κ1) is 14.3. The third kappa shape index (κ3) is 3.47. The molecule has 1 saturated carbocycles. The van der Waals surface area contributed by atoms with E-state index in [1.54, 1.807) is 0 Å². The van der Waals surface area contributed by atoms with Gasteiger partial charge in [0, 0.05) is 0 Å². The Morgan fingerprint density at radius 1 is 1.21 bits per heavy atom. The number of carboxylic acids is 1. The summed E-state index contributed by atoms with van der Waals surface area (Å²) in [6.07, 6.45) is 6.11. The SMILES string of the molecule is CC1CCNC1C(=O)NC(C(=O)O)C1CCCCC1. The van der Waals surface area contributed by atoms with E-state index in [1.165, 1.54) is 6.42 Å². The maximum Gasteiger partial charge on any atom is 0.326 e. The molecule has 3 atom stereocenters. The Labute approximate surface area is 114 Å². The zero-order chi connectivity index (χ0) is 13.8. The van der Waals surface area contributed by atoms with Crippen molar-refractivity contribution in [2.45, 2.75) is 57.5 Å². The zero-order valence-corrected chi connectivity index (χ0v) is 11.5. The quantitative estimate of drug-likeness (QED) is 0.714. The molecule has 3 N–H and O–H groups in total. The third-order valence-corrected chi connectivity index (χ3v) is 4.50. The summed E-state index contributed by atoms with van der Waals surface area (Å²) >= 11 is 0. The number of rotatable bonds is 4. The van der Waals surface area contributed by atoms with E-state index in [-0.39, 0.29) is 23.8 Å². The third-order valence-electron chi connectivity index (χ3n) is 4.50. The molecule has 0 aromatic rings. The van der Waals surface area contributed by atoms with Crippen LogP contribution in [0.1, 0.15) is 45.4 Å². The van der Waals surface area contributed by atoms with Gasteiger partial charge < -0.3 is 15.7 Å². The molecular weight excluding hydrogens is 244 g/mol. The van der Waals surface area contributed by atoms with Gasteiger partial charge in [0.05, 0.1) is 6.04 Å². The van der Waals surface area contributed by atoms with Gasteiger partial charge in [0.25, 0.3) is 0 Å². The second kappa shape index (κ2) is 6.37. The first-order valence-corrected chi connectivity index (χ1v) is 7.36. The van der Waals surface area contributed by atoms with Gasteiger partial charge in [0.15, 0.2) is 0 Å². The minimum absolute atomic E-state index is 0.0897. The highest BCUT2D eigenvalue weighted by Crippen LogP contribution is 2.27. The first-order chi connectivity index (χ1) is 9.09. The molecule has 1 heterocycles. The lowest BCUT2D eigenvalue weighted by Gasteiger charge is -2.29. The molecule has 0 aromatic carbocycles. The molecule has 19 heavy (non-hydrogen) atoms. The predicted molar refractivity (Wildman–Crippen MR) is 71.7 cm³/mol. The maximum atomic E-state index is 12.2. The maximum absolute atomic E-state index is 12.2. The summed E-state index contributed by atoms with van der Waals surface area (Å²) in [5, 5.41) is 15.3. The van der Waals surface area contributed by atoms with Gasteiger partial charge >= 0.3 is 5.97 Å². The van der Waals surface area contributed by atoms with Crippen molar-refractivity contribution < 1.29 is 14.7 Å². The molecule has 2 fully saturated rings. The van der Waals surface area contributed by atoms with Crippen LogP contribution in [-0.2, 0) is 9.59 Å². The summed E-state index contributed by atoms with van der Waals surface area (Å²) in [7, 11) is 0. The normalized spacial score (nSPS) is 29.9. The molecule has 0 spiro atoms. The molecule has 1 aliphatic carbocycles. The van der Waals surface area contributed by atoms with Crippen LogP contribution >= 0.6 is 0 Å². The second-order valence-electron chi connectivity index (χ2n) is 5.92. The van der Waals surface area contributed by atoms with Crippen molar-refractivity contribution in [1.29, 1.82) is 0 Å². The fraction of sp³-hybridized carbons (Fsp3) is 0.857. The Morgan fingerprint density at radius 2 is 1.89 bits per heavy atom. The molecule has 1 aliphatic heterocycles. The van der Waals surface area contributed by atoms with Gasteiger partial charge in [0.2, 0.25) is 5.91 Å². The highest BCUT2D eigenvalue weighted by molar-refractivity contribution is 5.87. The minimum atomic E-state index is -0.897. The van der Waals surface area contributed by atoms with E-state index >= 15 is 0 Å². The average Bonchev–Trinajstić information content (AvgIpc) is 2.82. The van der Waals surface area contributed by atoms with Crippen LogP contribution in [0.15, 0.2) is 0 Å². The Bertz CT molecular complexity index is 340. The number of hydrogen-bond acceptors (Lipinski definition) is 3. The molecule has 5 heteroatoms. The molecule has 2 aliphatic rings. The van der Waals surface area contributed by atoms with Crippen LogP contribution in [0.5, 0.6) is 0 Å². The number of hydrogen-bond donors (Lipinski definition) is 3. The van der Waals surface area contributed by atoms with Gasteiger partial charge in [-0.15, -0.1) is 0 Å². The van der Waals surface area contributed by atoms with E-state index in [4.69, 9.17) is 0 Å². The van der Waals surface area contributed by atoms with Crippen molar-refractivity contribution in [3.63, 3.8) is 0 Å². The second-order valence-corrected chi connectivity index (χ2v) is 5.92. The number of carboxylic acid groups (broad SMARTS) is 1. The van der Waals surface area contributed by atoms with Gasteiger partial charge in [-0.05, 0) is 37.6 Å². The Balaban J connectivity index is 1.95. The van der Waals surface area contributed by atoms with Crippen molar-refractivity contribution >= 4 is 11.9 Å². The van der Waals surface area contributed by atoms with Gasteiger partial charge in [-0.1, -0.05) is 26.2 Å². The van der Waals surface area contributed by atoms with Crippen LogP contribution in [0.3, 0.4) is 0 Å². The van der Waals surface area contributed by atoms with Crippen LogP contribution in [0.25, 0.3) is 0 Å². The number of amides is 1. The lowest BCUT2D eigenvalue weighted by atomic mass is 9.83. The van der Waals surface area contributed by atoms with Crippen LogP contribution in [0.2, 0.25) is 0 Å². The van der Waals surface area contributed by atoms with E-state index in [1.807, 2.05) is 6.92 Å². The van der Waals surface area contributed by atoms with E-state index in [0.29, 0.717) is 0 Å². The Hall–Kier alpha value is -1.10. The van der Waals surface area contributed by atoms with E-state index in [2.05, 4.69) is 10.6 Å². The molecule has 108 valence electrons. The molecule has 0 aromatic heterocycles. The summed E-state index contributed by atoms with van der Waals surface area (Å²) in [5.41, 5.74) is 0. The zero-order valence-electron chi connectivity index (χ0n) is 11.5. The summed E-state index contributed by atoms with van der Waals surface area (Å²) < 4.78 is 0. The lowest BCUT2D eigenvalue weighted by molar-refractivity contribution is -0.144.